The molecule has 3 rings (SSSR count). The van der Waals surface area contributed by atoms with Gasteiger partial charge >= 0.3 is 0 Å². The van der Waals surface area contributed by atoms with Crippen molar-refractivity contribution in [1.82, 2.24) is 15.1 Å². The molecule has 1 N–H and O–H groups in total. The van der Waals surface area contributed by atoms with Crippen LogP contribution in [0.5, 0.6) is 0 Å². The van der Waals surface area contributed by atoms with Gasteiger partial charge in [0.15, 0.2) is 0 Å². The standard InChI is InChI=1S/C17H29N3O2/c21-16(18-14-5-1-2-6-14)8-9-17(22)20-12-4-11-19-10-3-7-15(19)13-20/h14-15H,1-13H2,(H,18,21)/t15-/m0/s1. The van der Waals surface area contributed by atoms with E-state index in [9.17, 15) is 9.59 Å². The van der Waals surface area contributed by atoms with Gasteiger partial charge in [-0.15, -0.1) is 0 Å². The Morgan fingerprint density at radius 1 is 0.909 bits per heavy atom. The highest BCUT2D eigenvalue weighted by Gasteiger charge is 2.30. The molecule has 2 amide bonds. The summed E-state index contributed by atoms with van der Waals surface area (Å²) >= 11 is 0. The third-order valence-electron chi connectivity index (χ3n) is 5.44. The lowest BCUT2D eigenvalue weighted by Crippen LogP contribution is -2.40. The van der Waals surface area contributed by atoms with Gasteiger partial charge in [0.25, 0.3) is 0 Å². The van der Waals surface area contributed by atoms with Crippen molar-refractivity contribution in [2.45, 2.75) is 69.9 Å². The normalized spacial score (nSPS) is 26.7. The van der Waals surface area contributed by atoms with E-state index in [2.05, 4.69) is 10.2 Å². The molecule has 1 atom stereocenters. The van der Waals surface area contributed by atoms with Crippen LogP contribution in [0.3, 0.4) is 0 Å². The number of rotatable bonds is 4. The van der Waals surface area contributed by atoms with E-state index >= 15 is 0 Å². The van der Waals surface area contributed by atoms with Crippen LogP contribution in [0, 0.1) is 0 Å². The maximum absolute atomic E-state index is 12.4. The minimum atomic E-state index is 0.0533. The fourth-order valence-electron chi connectivity index (χ4n) is 4.18. The van der Waals surface area contributed by atoms with Crippen molar-refractivity contribution in [1.29, 1.82) is 0 Å². The predicted octanol–water partition coefficient (Wildman–Crippen LogP) is 1.52. The van der Waals surface area contributed by atoms with E-state index in [1.54, 1.807) is 0 Å². The zero-order chi connectivity index (χ0) is 15.4. The monoisotopic (exact) mass is 307 g/mol. The first-order valence-corrected chi connectivity index (χ1v) is 9.03. The molecule has 2 heterocycles. The number of nitrogens with zero attached hydrogens (tertiary/aromatic N) is 2. The quantitative estimate of drug-likeness (QED) is 0.857. The van der Waals surface area contributed by atoms with Gasteiger partial charge < -0.3 is 10.2 Å². The van der Waals surface area contributed by atoms with Crippen LogP contribution in [0.1, 0.15) is 57.8 Å². The van der Waals surface area contributed by atoms with Gasteiger partial charge in [0, 0.05) is 44.6 Å². The molecule has 0 aromatic carbocycles. The van der Waals surface area contributed by atoms with Crippen LogP contribution in [0.2, 0.25) is 0 Å². The number of amides is 2. The van der Waals surface area contributed by atoms with Gasteiger partial charge in [0.05, 0.1) is 0 Å². The minimum absolute atomic E-state index is 0.0533. The lowest BCUT2D eigenvalue weighted by Gasteiger charge is -2.25. The van der Waals surface area contributed by atoms with Crippen LogP contribution >= 0.6 is 0 Å². The van der Waals surface area contributed by atoms with E-state index in [1.807, 2.05) is 4.90 Å². The summed E-state index contributed by atoms with van der Waals surface area (Å²) in [6.45, 7) is 4.03. The molecule has 0 unspecified atom stereocenters. The largest absolute Gasteiger partial charge is 0.353 e. The van der Waals surface area contributed by atoms with Crippen LogP contribution in [0.15, 0.2) is 0 Å². The van der Waals surface area contributed by atoms with Gasteiger partial charge in [-0.1, -0.05) is 12.8 Å². The molecule has 1 saturated carbocycles. The van der Waals surface area contributed by atoms with Gasteiger partial charge in [-0.2, -0.15) is 0 Å². The summed E-state index contributed by atoms with van der Waals surface area (Å²) in [6.07, 6.45) is 8.89. The van der Waals surface area contributed by atoms with E-state index in [-0.39, 0.29) is 11.8 Å². The molecule has 0 radical (unpaired) electrons. The zero-order valence-corrected chi connectivity index (χ0v) is 13.6. The van der Waals surface area contributed by atoms with Crippen LogP contribution in [-0.2, 0) is 9.59 Å². The summed E-state index contributed by atoms with van der Waals surface area (Å²) in [5, 5.41) is 3.07. The van der Waals surface area contributed by atoms with Crippen molar-refractivity contribution in [3.8, 4) is 0 Å². The maximum atomic E-state index is 12.4. The Labute approximate surface area is 133 Å². The molecule has 124 valence electrons. The molecule has 1 aliphatic carbocycles. The second-order valence-electron chi connectivity index (χ2n) is 7.07. The Bertz CT molecular complexity index is 407. The van der Waals surface area contributed by atoms with Crippen LogP contribution in [-0.4, -0.2) is 59.9 Å². The molecule has 5 nitrogen and oxygen atoms in total. The fourth-order valence-corrected chi connectivity index (χ4v) is 4.18. The predicted molar refractivity (Wildman–Crippen MR) is 85.4 cm³/mol. The second kappa shape index (κ2) is 7.44. The molecule has 0 aromatic rings. The van der Waals surface area contributed by atoms with Gasteiger partial charge in [-0.25, -0.2) is 0 Å². The highest BCUT2D eigenvalue weighted by molar-refractivity contribution is 5.84. The van der Waals surface area contributed by atoms with E-state index in [0.717, 1.165) is 38.9 Å². The molecule has 3 fully saturated rings. The fraction of sp³-hybridized carbons (Fsp3) is 0.882. The van der Waals surface area contributed by atoms with Crippen molar-refractivity contribution in [2.24, 2.45) is 0 Å². The lowest BCUT2D eigenvalue weighted by atomic mass is 10.2. The number of carbonyl (C=O) groups excluding carboxylic acids is 2. The molecular weight excluding hydrogens is 278 g/mol. The topological polar surface area (TPSA) is 52.7 Å². The van der Waals surface area contributed by atoms with E-state index in [0.29, 0.717) is 24.9 Å². The summed E-state index contributed by atoms with van der Waals surface area (Å²) in [7, 11) is 0. The van der Waals surface area contributed by atoms with Gasteiger partial charge in [0.2, 0.25) is 11.8 Å². The van der Waals surface area contributed by atoms with Crippen molar-refractivity contribution in [2.75, 3.05) is 26.2 Å². The third kappa shape index (κ3) is 4.00. The number of carbonyl (C=O) groups is 2. The Kier molecular flexibility index (Phi) is 5.34. The van der Waals surface area contributed by atoms with E-state index in [4.69, 9.17) is 0 Å². The number of hydrogen-bond donors (Lipinski definition) is 1. The maximum Gasteiger partial charge on any atom is 0.223 e. The summed E-state index contributed by atoms with van der Waals surface area (Å²) in [4.78, 5) is 28.9. The molecule has 3 aliphatic rings. The first-order valence-electron chi connectivity index (χ1n) is 9.03. The first-order chi connectivity index (χ1) is 10.7. The Morgan fingerprint density at radius 3 is 2.50 bits per heavy atom. The average Bonchev–Trinajstić information content (AvgIpc) is 3.13. The number of fused-ring (bicyclic) bond motifs is 1. The molecular formula is C17H29N3O2. The average molecular weight is 307 g/mol. The lowest BCUT2D eigenvalue weighted by molar-refractivity contribution is -0.134. The zero-order valence-electron chi connectivity index (χ0n) is 13.6. The van der Waals surface area contributed by atoms with Crippen molar-refractivity contribution in [3.63, 3.8) is 0 Å². The van der Waals surface area contributed by atoms with Gasteiger partial charge in [0.1, 0.15) is 0 Å². The summed E-state index contributed by atoms with van der Waals surface area (Å²) in [6, 6.07) is 0.909. The Morgan fingerprint density at radius 2 is 1.68 bits per heavy atom. The van der Waals surface area contributed by atoms with Crippen LogP contribution in [0.4, 0.5) is 0 Å². The molecule has 0 spiro atoms. The van der Waals surface area contributed by atoms with Crippen molar-refractivity contribution in [3.05, 3.63) is 0 Å². The summed E-state index contributed by atoms with van der Waals surface area (Å²) in [5.41, 5.74) is 0. The second-order valence-corrected chi connectivity index (χ2v) is 7.07. The molecule has 2 saturated heterocycles. The van der Waals surface area contributed by atoms with Crippen LogP contribution < -0.4 is 5.32 Å². The number of nitrogens with one attached hydrogen (secondary N) is 1. The SMILES string of the molecule is O=C(CCC(=O)N1CCCN2CCC[C@H]2C1)NC1CCCC1. The van der Waals surface area contributed by atoms with E-state index in [1.165, 1.54) is 32.2 Å². The van der Waals surface area contributed by atoms with Crippen molar-refractivity contribution >= 4 is 11.8 Å². The molecule has 5 heteroatoms. The molecule has 22 heavy (non-hydrogen) atoms. The number of hydrogen-bond acceptors (Lipinski definition) is 3. The highest BCUT2D eigenvalue weighted by Crippen LogP contribution is 2.22. The minimum Gasteiger partial charge on any atom is -0.353 e. The smallest absolute Gasteiger partial charge is 0.223 e. The van der Waals surface area contributed by atoms with Gasteiger partial charge in [-0.3, -0.25) is 14.5 Å². The summed E-state index contributed by atoms with van der Waals surface area (Å²) < 4.78 is 0. The van der Waals surface area contributed by atoms with Gasteiger partial charge in [-0.05, 0) is 38.6 Å². The molecule has 0 bridgehead atoms. The highest BCUT2D eigenvalue weighted by atomic mass is 16.2. The van der Waals surface area contributed by atoms with Crippen LogP contribution in [0.25, 0.3) is 0 Å². The van der Waals surface area contributed by atoms with Crippen molar-refractivity contribution < 1.29 is 9.59 Å². The summed E-state index contributed by atoms with van der Waals surface area (Å²) in [5.74, 6) is 0.216. The Balaban J connectivity index is 1.41. The first kappa shape index (κ1) is 15.8. The molecule has 0 aromatic heterocycles. The Hall–Kier alpha value is -1.10. The third-order valence-corrected chi connectivity index (χ3v) is 5.44. The van der Waals surface area contributed by atoms with E-state index < -0.39 is 0 Å². The molecule has 2 aliphatic heterocycles.